The number of pyridine rings is 1. The van der Waals surface area contributed by atoms with E-state index in [-0.39, 0.29) is 5.91 Å². The largest absolute Gasteiger partial charge is 0.354 e. The first-order valence-electron chi connectivity index (χ1n) is 12.8. The molecule has 0 bridgehead atoms. The van der Waals surface area contributed by atoms with E-state index in [0.717, 1.165) is 65.8 Å². The molecule has 3 aromatic rings. The zero-order valence-electron chi connectivity index (χ0n) is 22.3. The summed E-state index contributed by atoms with van der Waals surface area (Å²) in [6.07, 6.45) is 1.83. The molecule has 0 spiro atoms. The number of hydrogen-bond donors (Lipinski definition) is 4. The molecule has 0 atom stereocenters. The summed E-state index contributed by atoms with van der Waals surface area (Å²) in [5.41, 5.74) is 7.48. The molecule has 1 fully saturated rings. The highest BCUT2D eigenvalue weighted by atomic mass is 16.2. The van der Waals surface area contributed by atoms with E-state index in [0.29, 0.717) is 11.3 Å². The van der Waals surface area contributed by atoms with E-state index < -0.39 is 5.54 Å². The van der Waals surface area contributed by atoms with Gasteiger partial charge in [0.1, 0.15) is 11.5 Å². The Morgan fingerprint density at radius 3 is 2.68 bits per heavy atom. The third-order valence-corrected chi connectivity index (χ3v) is 7.53. The molecule has 0 aliphatic carbocycles. The minimum atomic E-state index is -0.632. The van der Waals surface area contributed by atoms with Crippen LogP contribution in [0.5, 0.6) is 0 Å². The summed E-state index contributed by atoms with van der Waals surface area (Å²) < 4.78 is 0. The molecule has 4 N–H and O–H groups in total. The number of aromatic nitrogens is 3. The van der Waals surface area contributed by atoms with Crippen molar-refractivity contribution < 1.29 is 4.79 Å². The zero-order valence-corrected chi connectivity index (χ0v) is 22.3. The maximum absolute atomic E-state index is 13.7. The van der Waals surface area contributed by atoms with Crippen LogP contribution in [-0.2, 0) is 4.79 Å². The Hall–Kier alpha value is -4.16. The van der Waals surface area contributed by atoms with Crippen LogP contribution in [0.1, 0.15) is 20.8 Å². The fourth-order valence-corrected chi connectivity index (χ4v) is 5.44. The molecule has 1 amide bonds. The van der Waals surface area contributed by atoms with Crippen LogP contribution < -0.4 is 21.1 Å². The number of benzene rings is 1. The van der Waals surface area contributed by atoms with Gasteiger partial charge in [0.25, 0.3) is 5.91 Å². The van der Waals surface area contributed by atoms with Gasteiger partial charge in [0.15, 0.2) is 0 Å². The number of hydrazone groups is 1. The van der Waals surface area contributed by atoms with Gasteiger partial charge >= 0.3 is 0 Å². The summed E-state index contributed by atoms with van der Waals surface area (Å²) in [4.78, 5) is 22.5. The number of fused-ring (bicyclic) bond motifs is 2. The molecule has 6 rings (SSSR count). The highest BCUT2D eigenvalue weighted by Gasteiger charge is 2.47. The third kappa shape index (κ3) is 3.92. The first-order valence-corrected chi connectivity index (χ1v) is 12.8. The molecule has 0 radical (unpaired) electrons. The molecule has 38 heavy (non-hydrogen) atoms. The Balaban J connectivity index is 1.30. The van der Waals surface area contributed by atoms with Crippen LogP contribution in [-0.4, -0.2) is 87.9 Å². The van der Waals surface area contributed by atoms with Crippen LogP contribution in [0.25, 0.3) is 22.2 Å². The van der Waals surface area contributed by atoms with Crippen LogP contribution in [0.4, 0.5) is 11.5 Å². The maximum atomic E-state index is 13.7. The second-order valence-corrected chi connectivity index (χ2v) is 10.4. The van der Waals surface area contributed by atoms with Gasteiger partial charge < -0.3 is 20.4 Å². The fraction of sp³-hybridized carbons (Fsp3) is 0.385. The van der Waals surface area contributed by atoms with Crippen molar-refractivity contribution in [1.82, 2.24) is 41.1 Å². The number of carbonyl (C=O) groups is 1. The number of rotatable bonds is 4. The number of guanidine groups is 1. The number of anilines is 2. The zero-order chi connectivity index (χ0) is 26.6. The van der Waals surface area contributed by atoms with E-state index in [1.165, 1.54) is 0 Å². The Morgan fingerprint density at radius 2 is 1.89 bits per heavy atom. The molecular weight excluding hydrogens is 482 g/mol. The molecule has 5 heterocycles. The molecule has 3 aliphatic rings. The molecule has 0 unspecified atom stereocenters. The van der Waals surface area contributed by atoms with Crippen LogP contribution >= 0.6 is 0 Å². The number of amides is 1. The lowest BCUT2D eigenvalue weighted by Gasteiger charge is -2.45. The second-order valence-electron chi connectivity index (χ2n) is 10.4. The molecule has 3 aliphatic heterocycles. The Bertz CT molecular complexity index is 1470. The monoisotopic (exact) mass is 515 g/mol. The number of aromatic amines is 1. The maximum Gasteiger partial charge on any atom is 0.255 e. The van der Waals surface area contributed by atoms with Crippen LogP contribution in [0.15, 0.2) is 52.9 Å². The molecule has 12 nitrogen and oxygen atoms in total. The average molecular weight is 516 g/mol. The van der Waals surface area contributed by atoms with Gasteiger partial charge in [0.05, 0.1) is 16.6 Å². The van der Waals surface area contributed by atoms with Gasteiger partial charge in [-0.05, 0) is 51.1 Å². The number of hydrogen-bond acceptors (Lipinski definition) is 10. The highest BCUT2D eigenvalue weighted by molar-refractivity contribution is 6.08. The summed E-state index contributed by atoms with van der Waals surface area (Å²) in [6, 6.07) is 9.87. The number of hydrazine groups is 2. The molecule has 198 valence electrons. The summed E-state index contributed by atoms with van der Waals surface area (Å²) >= 11 is 0. The van der Waals surface area contributed by atoms with E-state index in [1.807, 2.05) is 75.2 Å². The minimum Gasteiger partial charge on any atom is -0.354 e. The van der Waals surface area contributed by atoms with E-state index in [4.69, 9.17) is 0 Å². The predicted octanol–water partition coefficient (Wildman–Crippen LogP) is 1.91. The SMILES string of the molecule is CC1=C(C(=O)Nc2ccc3[nH]nc(-c4ccnc(N5CCNCC5)c4)c3c2)C(C)(C)N2NN(C)N=C2N1C. The number of carbonyl (C=O) groups excluding carboxylic acids is 1. The van der Waals surface area contributed by atoms with Crippen molar-refractivity contribution in [3.63, 3.8) is 0 Å². The predicted molar refractivity (Wildman–Crippen MR) is 148 cm³/mol. The Morgan fingerprint density at radius 1 is 1.11 bits per heavy atom. The standard InChI is InChI=1S/C26H33N11O/c1-16-22(26(2,3)37-25(34(16)4)32-35(5)33-37)24(38)29-18-6-7-20-19(15-18)23(31-30-20)17-8-9-28-21(14-17)36-12-10-27-11-13-36/h6-9,14-15,27,33H,10-13H2,1-5H3,(H,29,38)(H,30,31). The number of nitrogens with one attached hydrogen (secondary N) is 4. The average Bonchev–Trinajstić information content (AvgIpc) is 3.52. The van der Waals surface area contributed by atoms with Gasteiger partial charge in [-0.15, -0.1) is 10.6 Å². The molecule has 0 saturated carbocycles. The molecule has 1 aromatic carbocycles. The van der Waals surface area contributed by atoms with Crippen LogP contribution in [0, 0.1) is 0 Å². The highest BCUT2D eigenvalue weighted by Crippen LogP contribution is 2.36. The molecule has 2 aromatic heterocycles. The molecule has 1 saturated heterocycles. The summed E-state index contributed by atoms with van der Waals surface area (Å²) in [5, 5.41) is 23.3. The van der Waals surface area contributed by atoms with Crippen molar-refractivity contribution in [3.8, 4) is 11.3 Å². The normalized spacial score (nSPS) is 19.2. The fourth-order valence-electron chi connectivity index (χ4n) is 5.44. The van der Waals surface area contributed by atoms with Crippen LogP contribution in [0.3, 0.4) is 0 Å². The van der Waals surface area contributed by atoms with Crippen LogP contribution in [0.2, 0.25) is 0 Å². The minimum absolute atomic E-state index is 0.163. The lowest BCUT2D eigenvalue weighted by atomic mass is 9.88. The smallest absolute Gasteiger partial charge is 0.255 e. The van der Waals surface area contributed by atoms with E-state index >= 15 is 0 Å². The van der Waals surface area contributed by atoms with Gasteiger partial charge in [-0.25, -0.2) is 15.1 Å². The summed E-state index contributed by atoms with van der Waals surface area (Å²) in [7, 11) is 3.75. The van der Waals surface area contributed by atoms with Crippen molar-refractivity contribution in [1.29, 1.82) is 0 Å². The first-order chi connectivity index (χ1) is 18.2. The van der Waals surface area contributed by atoms with Crippen molar-refractivity contribution >= 4 is 34.3 Å². The van der Waals surface area contributed by atoms with Gasteiger partial charge in [-0.2, -0.15) is 5.10 Å². The number of allylic oxidation sites excluding steroid dienone is 1. The van der Waals surface area contributed by atoms with Gasteiger partial charge in [-0.3, -0.25) is 9.89 Å². The topological polar surface area (TPSA) is 120 Å². The van der Waals surface area contributed by atoms with Gasteiger partial charge in [0.2, 0.25) is 5.96 Å². The van der Waals surface area contributed by atoms with Crippen molar-refractivity contribution in [2.75, 3.05) is 50.5 Å². The van der Waals surface area contributed by atoms with E-state index in [2.05, 4.69) is 47.4 Å². The number of nitrogens with zero attached hydrogens (tertiary/aromatic N) is 7. The lowest BCUT2D eigenvalue weighted by Crippen LogP contribution is -2.62. The van der Waals surface area contributed by atoms with E-state index in [9.17, 15) is 4.79 Å². The molecule has 12 heteroatoms. The Kier molecular flexibility index (Phi) is 5.73. The molecular formula is C26H33N11O. The lowest BCUT2D eigenvalue weighted by molar-refractivity contribution is -0.114. The number of H-pyrrole nitrogens is 1. The van der Waals surface area contributed by atoms with E-state index in [1.54, 1.807) is 5.12 Å². The summed E-state index contributed by atoms with van der Waals surface area (Å²) in [5.74, 6) is 1.53. The van der Waals surface area contributed by atoms with Crippen molar-refractivity contribution in [3.05, 3.63) is 47.8 Å². The second kappa shape index (κ2) is 8.99. The number of piperazine rings is 1. The quantitative estimate of drug-likeness (QED) is 0.413. The van der Waals surface area contributed by atoms with Gasteiger partial charge in [0, 0.05) is 68.8 Å². The third-order valence-electron chi connectivity index (χ3n) is 7.53. The summed E-state index contributed by atoms with van der Waals surface area (Å²) in [6.45, 7) is 9.71. The van der Waals surface area contributed by atoms with Crippen molar-refractivity contribution in [2.24, 2.45) is 5.10 Å². The van der Waals surface area contributed by atoms with Crippen molar-refractivity contribution in [2.45, 2.75) is 26.3 Å². The Labute approximate surface area is 221 Å². The first kappa shape index (κ1) is 24.2. The van der Waals surface area contributed by atoms with Gasteiger partial charge in [-0.1, -0.05) is 0 Å².